The first-order chi connectivity index (χ1) is 14.2. The fraction of sp³-hybridized carbons (Fsp3) is 0.273. The molecule has 1 aromatic heterocycles. The predicted molar refractivity (Wildman–Crippen MR) is 112 cm³/mol. The molecule has 2 aromatic carbocycles. The molecule has 0 saturated heterocycles. The summed E-state index contributed by atoms with van der Waals surface area (Å²) in [5, 5.41) is 4.04. The zero-order chi connectivity index (χ0) is 19.6. The molecule has 0 radical (unpaired) electrons. The molecular weight excluding hydrogens is 388 g/mol. The van der Waals surface area contributed by atoms with Crippen LogP contribution in [0.15, 0.2) is 48.7 Å². The molecule has 2 aliphatic heterocycles. The van der Waals surface area contributed by atoms with Crippen molar-refractivity contribution in [3.8, 4) is 11.5 Å². The molecule has 0 bridgehead atoms. The number of ether oxygens (including phenoxy) is 2. The summed E-state index contributed by atoms with van der Waals surface area (Å²) in [6, 6.07) is 13.8. The summed E-state index contributed by atoms with van der Waals surface area (Å²) in [5.74, 6) is 2.12. The van der Waals surface area contributed by atoms with Gasteiger partial charge in [0.05, 0.1) is 5.69 Å². The third-order valence-electron chi connectivity index (χ3n) is 5.13. The van der Waals surface area contributed by atoms with E-state index in [1.807, 2.05) is 36.5 Å². The van der Waals surface area contributed by atoms with E-state index in [-0.39, 0.29) is 0 Å². The highest BCUT2D eigenvalue weighted by molar-refractivity contribution is 6.30. The molecule has 0 fully saturated rings. The number of anilines is 2. The number of nitrogens with zero attached hydrogens (tertiary/aromatic N) is 3. The van der Waals surface area contributed by atoms with Crippen LogP contribution in [0.2, 0.25) is 5.02 Å². The number of fused-ring (bicyclic) bond motifs is 2. The summed E-state index contributed by atoms with van der Waals surface area (Å²) in [5.41, 5.74) is 4.43. The Labute approximate surface area is 174 Å². The Bertz CT molecular complexity index is 1030. The minimum atomic E-state index is 0.568. The van der Waals surface area contributed by atoms with Gasteiger partial charge in [-0.3, -0.25) is 4.90 Å². The minimum Gasteiger partial charge on any atom is -0.486 e. The van der Waals surface area contributed by atoms with Crippen molar-refractivity contribution in [3.63, 3.8) is 0 Å². The average molecular weight is 409 g/mol. The van der Waals surface area contributed by atoms with Crippen LogP contribution in [0.1, 0.15) is 16.8 Å². The second-order valence-corrected chi connectivity index (χ2v) is 7.67. The smallest absolute Gasteiger partial charge is 0.227 e. The fourth-order valence-electron chi connectivity index (χ4n) is 3.67. The molecule has 0 atom stereocenters. The normalized spacial score (nSPS) is 15.6. The second kappa shape index (κ2) is 7.89. The van der Waals surface area contributed by atoms with E-state index >= 15 is 0 Å². The van der Waals surface area contributed by atoms with Crippen LogP contribution in [0.4, 0.5) is 11.6 Å². The third-order valence-corrected chi connectivity index (χ3v) is 5.38. The number of rotatable bonds is 4. The van der Waals surface area contributed by atoms with E-state index in [0.717, 1.165) is 54.0 Å². The number of hydrogen-bond acceptors (Lipinski definition) is 6. The fourth-order valence-corrected chi connectivity index (χ4v) is 3.79. The van der Waals surface area contributed by atoms with E-state index < -0.39 is 0 Å². The molecule has 0 amide bonds. The lowest BCUT2D eigenvalue weighted by Crippen LogP contribution is -2.31. The Hall–Kier alpha value is -2.83. The first kappa shape index (κ1) is 18.2. The molecule has 0 saturated carbocycles. The highest BCUT2D eigenvalue weighted by Crippen LogP contribution is 2.33. The van der Waals surface area contributed by atoms with Gasteiger partial charge in [0.15, 0.2) is 11.5 Å². The molecule has 5 rings (SSSR count). The molecule has 2 aliphatic rings. The van der Waals surface area contributed by atoms with Gasteiger partial charge in [-0.2, -0.15) is 0 Å². The van der Waals surface area contributed by atoms with E-state index in [4.69, 9.17) is 26.1 Å². The topological polar surface area (TPSA) is 59.5 Å². The molecule has 29 heavy (non-hydrogen) atoms. The van der Waals surface area contributed by atoms with Crippen molar-refractivity contribution in [1.82, 2.24) is 14.9 Å². The first-order valence-corrected chi connectivity index (χ1v) is 10.1. The van der Waals surface area contributed by atoms with Crippen molar-refractivity contribution >= 4 is 23.2 Å². The Morgan fingerprint density at radius 1 is 1.03 bits per heavy atom. The molecule has 0 unspecified atom stereocenters. The van der Waals surface area contributed by atoms with Crippen LogP contribution in [-0.4, -0.2) is 34.6 Å². The zero-order valence-electron chi connectivity index (χ0n) is 15.9. The monoisotopic (exact) mass is 408 g/mol. The third kappa shape index (κ3) is 4.13. The maximum Gasteiger partial charge on any atom is 0.227 e. The number of nitrogens with one attached hydrogen (secondary N) is 1. The van der Waals surface area contributed by atoms with Gasteiger partial charge >= 0.3 is 0 Å². The molecule has 3 aromatic rings. The maximum absolute atomic E-state index is 5.98. The SMILES string of the molecule is Clc1ccc(CN2CCc3nc(Nc4ccc5c(c4)OCCO5)ncc3C2)cc1. The molecular formula is C22H21ClN4O2. The first-order valence-electron chi connectivity index (χ1n) is 9.71. The lowest BCUT2D eigenvalue weighted by Gasteiger charge is -2.28. The number of halogens is 1. The van der Waals surface area contributed by atoms with Crippen LogP contribution in [0, 0.1) is 0 Å². The maximum atomic E-state index is 5.98. The van der Waals surface area contributed by atoms with Gasteiger partial charge in [-0.05, 0) is 29.8 Å². The van der Waals surface area contributed by atoms with Crippen molar-refractivity contribution in [2.45, 2.75) is 19.5 Å². The van der Waals surface area contributed by atoms with E-state index in [0.29, 0.717) is 19.2 Å². The predicted octanol–water partition coefficient (Wildman–Crippen LogP) is 4.20. The number of aromatic nitrogens is 2. The lowest BCUT2D eigenvalue weighted by atomic mass is 10.1. The van der Waals surface area contributed by atoms with Crippen LogP contribution < -0.4 is 14.8 Å². The van der Waals surface area contributed by atoms with Gasteiger partial charge < -0.3 is 14.8 Å². The lowest BCUT2D eigenvalue weighted by molar-refractivity contribution is 0.171. The summed E-state index contributed by atoms with van der Waals surface area (Å²) in [7, 11) is 0. The number of benzene rings is 2. The summed E-state index contributed by atoms with van der Waals surface area (Å²) in [4.78, 5) is 11.7. The van der Waals surface area contributed by atoms with Crippen molar-refractivity contribution < 1.29 is 9.47 Å². The van der Waals surface area contributed by atoms with Crippen molar-refractivity contribution in [2.24, 2.45) is 0 Å². The van der Waals surface area contributed by atoms with Gasteiger partial charge in [0.25, 0.3) is 0 Å². The van der Waals surface area contributed by atoms with Gasteiger partial charge in [0.2, 0.25) is 5.95 Å². The molecule has 7 heteroatoms. The zero-order valence-corrected chi connectivity index (χ0v) is 16.7. The Morgan fingerprint density at radius 2 is 1.86 bits per heavy atom. The average Bonchev–Trinajstić information content (AvgIpc) is 2.75. The quantitative estimate of drug-likeness (QED) is 0.698. The van der Waals surface area contributed by atoms with Gasteiger partial charge in [-0.15, -0.1) is 0 Å². The molecule has 0 spiro atoms. The minimum absolute atomic E-state index is 0.568. The van der Waals surface area contributed by atoms with Gasteiger partial charge in [0, 0.05) is 54.6 Å². The van der Waals surface area contributed by atoms with E-state index in [2.05, 4.69) is 27.3 Å². The summed E-state index contributed by atoms with van der Waals surface area (Å²) < 4.78 is 11.2. The second-order valence-electron chi connectivity index (χ2n) is 7.24. The van der Waals surface area contributed by atoms with E-state index in [1.54, 1.807) is 0 Å². The van der Waals surface area contributed by atoms with Crippen LogP contribution in [0.25, 0.3) is 0 Å². The summed E-state index contributed by atoms with van der Waals surface area (Å²) in [6.45, 7) is 3.87. The Kier molecular flexibility index (Phi) is 4.96. The van der Waals surface area contributed by atoms with Crippen LogP contribution in [0.5, 0.6) is 11.5 Å². The molecule has 3 heterocycles. The van der Waals surface area contributed by atoms with Gasteiger partial charge in [0.1, 0.15) is 13.2 Å². The highest BCUT2D eigenvalue weighted by Gasteiger charge is 2.19. The number of hydrogen-bond donors (Lipinski definition) is 1. The van der Waals surface area contributed by atoms with Crippen molar-refractivity contribution in [1.29, 1.82) is 0 Å². The molecule has 1 N–H and O–H groups in total. The van der Waals surface area contributed by atoms with Crippen LogP contribution in [0.3, 0.4) is 0 Å². The van der Waals surface area contributed by atoms with E-state index in [1.165, 1.54) is 11.1 Å². The molecule has 0 aliphatic carbocycles. The van der Waals surface area contributed by atoms with Gasteiger partial charge in [-0.25, -0.2) is 9.97 Å². The highest BCUT2D eigenvalue weighted by atomic mass is 35.5. The van der Waals surface area contributed by atoms with Crippen LogP contribution >= 0.6 is 11.6 Å². The Morgan fingerprint density at radius 3 is 2.72 bits per heavy atom. The summed E-state index contributed by atoms with van der Waals surface area (Å²) in [6.07, 6.45) is 2.83. The van der Waals surface area contributed by atoms with E-state index in [9.17, 15) is 0 Å². The van der Waals surface area contributed by atoms with Crippen molar-refractivity contribution in [3.05, 3.63) is 70.5 Å². The summed E-state index contributed by atoms with van der Waals surface area (Å²) >= 11 is 5.98. The van der Waals surface area contributed by atoms with Gasteiger partial charge in [-0.1, -0.05) is 23.7 Å². The molecule has 6 nitrogen and oxygen atoms in total. The molecule has 148 valence electrons. The largest absolute Gasteiger partial charge is 0.486 e. The Balaban J connectivity index is 1.27. The van der Waals surface area contributed by atoms with Crippen molar-refractivity contribution in [2.75, 3.05) is 25.1 Å². The van der Waals surface area contributed by atoms with Crippen LogP contribution in [-0.2, 0) is 19.5 Å². The standard InChI is InChI=1S/C22H21ClN4O2/c23-17-3-1-15(2-4-17)13-27-8-7-19-16(14-27)12-24-22(26-19)25-18-5-6-20-21(11-18)29-10-9-28-20/h1-6,11-12H,7-10,13-14H2,(H,24,25,26).